The van der Waals surface area contributed by atoms with Gasteiger partial charge >= 0.3 is 0 Å². The smallest absolute Gasteiger partial charge is 0.271 e. The van der Waals surface area contributed by atoms with E-state index in [4.69, 9.17) is 11.6 Å². The number of hydrogen-bond acceptors (Lipinski definition) is 2. The highest BCUT2D eigenvalue weighted by Crippen LogP contribution is 2.25. The van der Waals surface area contributed by atoms with Crippen molar-refractivity contribution in [1.29, 1.82) is 0 Å². The van der Waals surface area contributed by atoms with Gasteiger partial charge in [-0.05, 0) is 49.1 Å². The number of amides is 2. The van der Waals surface area contributed by atoms with Gasteiger partial charge in [0.2, 0.25) is 0 Å². The van der Waals surface area contributed by atoms with Crippen LogP contribution in [0, 0.1) is 5.82 Å². The highest BCUT2D eigenvalue weighted by molar-refractivity contribution is 6.51. The number of nitrogens with zero attached hydrogens (tertiary/aromatic N) is 1. The highest BCUT2D eigenvalue weighted by atomic mass is 35.5. The zero-order valence-electron chi connectivity index (χ0n) is 14.8. The summed E-state index contributed by atoms with van der Waals surface area (Å²) in [7, 11) is 0. The summed E-state index contributed by atoms with van der Waals surface area (Å²) in [5.41, 5.74) is 0.899. The second kappa shape index (κ2) is 8.82. The van der Waals surface area contributed by atoms with Crippen LogP contribution in [0.15, 0.2) is 60.3 Å². The van der Waals surface area contributed by atoms with Gasteiger partial charge in [-0.25, -0.2) is 4.39 Å². The van der Waals surface area contributed by atoms with Gasteiger partial charge in [0.25, 0.3) is 11.8 Å². The van der Waals surface area contributed by atoms with Gasteiger partial charge in [0.05, 0.1) is 5.03 Å². The zero-order chi connectivity index (χ0) is 19.2. The van der Waals surface area contributed by atoms with E-state index in [1.165, 1.54) is 24.3 Å². The number of hydrogen-bond donors (Lipinski definition) is 1. The Hall–Kier alpha value is -2.66. The molecule has 27 heavy (non-hydrogen) atoms. The molecule has 2 amide bonds. The minimum absolute atomic E-state index is 0.0130. The van der Waals surface area contributed by atoms with Crippen LogP contribution in [0.1, 0.15) is 35.2 Å². The maximum atomic E-state index is 13.2. The summed E-state index contributed by atoms with van der Waals surface area (Å²) in [6, 6.07) is 14.1. The predicted octanol–water partition coefficient (Wildman–Crippen LogP) is 4.18. The Labute approximate surface area is 162 Å². The van der Waals surface area contributed by atoms with Crippen molar-refractivity contribution in [2.75, 3.05) is 13.1 Å². The van der Waals surface area contributed by atoms with Crippen LogP contribution in [0.3, 0.4) is 0 Å². The van der Waals surface area contributed by atoms with Gasteiger partial charge in [-0.2, -0.15) is 0 Å². The third kappa shape index (κ3) is 4.74. The van der Waals surface area contributed by atoms with E-state index >= 15 is 0 Å². The van der Waals surface area contributed by atoms with Gasteiger partial charge in [0.1, 0.15) is 11.5 Å². The van der Waals surface area contributed by atoms with Gasteiger partial charge < -0.3 is 10.2 Å². The average Bonchev–Trinajstić information content (AvgIpc) is 2.72. The van der Waals surface area contributed by atoms with Crippen molar-refractivity contribution in [3.05, 3.63) is 77.2 Å². The van der Waals surface area contributed by atoms with Gasteiger partial charge in [-0.15, -0.1) is 0 Å². The van der Waals surface area contributed by atoms with Crippen molar-refractivity contribution in [2.45, 2.75) is 19.3 Å². The molecule has 0 saturated carbocycles. The minimum atomic E-state index is -0.420. The predicted molar refractivity (Wildman–Crippen MR) is 104 cm³/mol. The Kier molecular flexibility index (Phi) is 6.24. The molecular formula is C21H20ClFN2O2. The van der Waals surface area contributed by atoms with Crippen LogP contribution in [-0.2, 0) is 4.79 Å². The van der Waals surface area contributed by atoms with Crippen molar-refractivity contribution < 1.29 is 14.0 Å². The Morgan fingerprint density at radius 1 is 0.889 bits per heavy atom. The molecule has 0 unspecified atom stereocenters. The molecule has 1 saturated heterocycles. The molecule has 1 fully saturated rings. The lowest BCUT2D eigenvalue weighted by Crippen LogP contribution is -2.41. The molecule has 6 heteroatoms. The standard InChI is InChI=1S/C21H20ClFN2O2/c22-18(15-9-11-17(23)12-10-15)19(21(27)25-13-5-2-6-14-25)24-20(26)16-7-3-1-4-8-16/h1,3-4,7-12H,2,5-6,13-14H2,(H,24,26)/b19-18-. The molecule has 0 spiro atoms. The topological polar surface area (TPSA) is 49.4 Å². The maximum absolute atomic E-state index is 13.2. The van der Waals surface area contributed by atoms with Crippen LogP contribution in [-0.4, -0.2) is 29.8 Å². The third-order valence-corrected chi connectivity index (χ3v) is 4.86. The van der Waals surface area contributed by atoms with Crippen LogP contribution in [0.5, 0.6) is 0 Å². The quantitative estimate of drug-likeness (QED) is 0.801. The van der Waals surface area contributed by atoms with E-state index in [9.17, 15) is 14.0 Å². The molecule has 0 aromatic heterocycles. The average molecular weight is 387 g/mol. The first-order chi connectivity index (χ1) is 13.1. The molecule has 4 nitrogen and oxygen atoms in total. The lowest BCUT2D eigenvalue weighted by Gasteiger charge is -2.28. The summed E-state index contributed by atoms with van der Waals surface area (Å²) in [5.74, 6) is -1.15. The molecule has 2 aromatic carbocycles. The van der Waals surface area contributed by atoms with E-state index in [0.29, 0.717) is 24.2 Å². The number of carbonyl (C=O) groups excluding carboxylic acids is 2. The third-order valence-electron chi connectivity index (χ3n) is 4.45. The lowest BCUT2D eigenvalue weighted by atomic mass is 10.1. The first-order valence-corrected chi connectivity index (χ1v) is 9.25. The van der Waals surface area contributed by atoms with E-state index in [1.807, 2.05) is 0 Å². The van der Waals surface area contributed by atoms with Crippen molar-refractivity contribution in [1.82, 2.24) is 10.2 Å². The van der Waals surface area contributed by atoms with Crippen LogP contribution in [0.4, 0.5) is 4.39 Å². The summed E-state index contributed by atoms with van der Waals surface area (Å²) < 4.78 is 13.2. The summed E-state index contributed by atoms with van der Waals surface area (Å²) in [5, 5.41) is 2.76. The van der Waals surface area contributed by atoms with Crippen molar-refractivity contribution >= 4 is 28.4 Å². The first kappa shape index (κ1) is 19.1. The SMILES string of the molecule is O=C(N/C(C(=O)N1CCCCC1)=C(\Cl)c1ccc(F)cc1)c1ccccc1. The number of halogens is 2. The first-order valence-electron chi connectivity index (χ1n) is 8.87. The van der Waals surface area contributed by atoms with Gasteiger partial charge in [0.15, 0.2) is 0 Å². The largest absolute Gasteiger partial charge is 0.337 e. The molecule has 1 aliphatic rings. The molecule has 140 valence electrons. The van der Waals surface area contributed by atoms with Gasteiger partial charge in [-0.3, -0.25) is 9.59 Å². The fraction of sp³-hybridized carbons (Fsp3) is 0.238. The molecule has 0 bridgehead atoms. The second-order valence-corrected chi connectivity index (χ2v) is 6.75. The van der Waals surface area contributed by atoms with Gasteiger partial charge in [-0.1, -0.05) is 41.9 Å². The summed E-state index contributed by atoms with van der Waals surface area (Å²) in [6.07, 6.45) is 2.91. The molecule has 0 radical (unpaired) electrons. The number of carbonyl (C=O) groups is 2. The highest BCUT2D eigenvalue weighted by Gasteiger charge is 2.25. The lowest BCUT2D eigenvalue weighted by molar-refractivity contribution is -0.128. The zero-order valence-corrected chi connectivity index (χ0v) is 15.5. The van der Waals surface area contributed by atoms with Crippen molar-refractivity contribution in [2.24, 2.45) is 0 Å². The summed E-state index contributed by atoms with van der Waals surface area (Å²) in [4.78, 5) is 27.3. The van der Waals surface area contributed by atoms with Gasteiger partial charge in [0, 0.05) is 18.7 Å². The maximum Gasteiger partial charge on any atom is 0.271 e. The number of piperidine rings is 1. The molecule has 0 aliphatic carbocycles. The Balaban J connectivity index is 1.94. The summed E-state index contributed by atoms with van der Waals surface area (Å²) >= 11 is 6.47. The fourth-order valence-corrected chi connectivity index (χ4v) is 3.23. The monoisotopic (exact) mass is 386 g/mol. The second-order valence-electron chi connectivity index (χ2n) is 6.37. The van der Waals surface area contributed by atoms with E-state index in [2.05, 4.69) is 5.32 Å². The van der Waals surface area contributed by atoms with Crippen LogP contribution < -0.4 is 5.32 Å². The normalized spacial score (nSPS) is 15.1. The van der Waals surface area contributed by atoms with Crippen LogP contribution in [0.25, 0.3) is 5.03 Å². The molecule has 2 aromatic rings. The minimum Gasteiger partial charge on any atom is -0.337 e. The van der Waals surface area contributed by atoms with Crippen LogP contribution >= 0.6 is 11.6 Å². The Morgan fingerprint density at radius 2 is 1.52 bits per heavy atom. The molecular weight excluding hydrogens is 367 g/mol. The Bertz CT molecular complexity index is 844. The van der Waals surface area contributed by atoms with E-state index < -0.39 is 11.7 Å². The molecule has 1 N–H and O–H groups in total. The Morgan fingerprint density at radius 3 is 2.15 bits per heavy atom. The number of likely N-dealkylation sites (tertiary alicyclic amines) is 1. The molecule has 0 atom stereocenters. The van der Waals surface area contributed by atoms with E-state index in [1.54, 1.807) is 35.2 Å². The van der Waals surface area contributed by atoms with E-state index in [0.717, 1.165) is 19.3 Å². The molecule has 3 rings (SSSR count). The van der Waals surface area contributed by atoms with Crippen LogP contribution in [0.2, 0.25) is 0 Å². The molecule has 1 heterocycles. The van der Waals surface area contributed by atoms with Crippen molar-refractivity contribution in [3.8, 4) is 0 Å². The summed E-state index contributed by atoms with van der Waals surface area (Å²) in [6.45, 7) is 1.24. The number of nitrogens with one attached hydrogen (secondary N) is 1. The number of rotatable bonds is 4. The van der Waals surface area contributed by atoms with Crippen molar-refractivity contribution in [3.63, 3.8) is 0 Å². The molecule has 1 aliphatic heterocycles. The van der Waals surface area contributed by atoms with E-state index in [-0.39, 0.29) is 16.6 Å². The fourth-order valence-electron chi connectivity index (χ4n) is 2.97. The number of benzene rings is 2.